The molecule has 0 aromatic heterocycles. The number of aliphatic carboxylic acids is 1. The Bertz CT molecular complexity index is 306. The number of rotatable bonds is 3. The molecule has 2 fully saturated rings. The van der Waals surface area contributed by atoms with Crippen molar-refractivity contribution in [3.63, 3.8) is 0 Å². The lowest BCUT2D eigenvalue weighted by Gasteiger charge is -2.26. The van der Waals surface area contributed by atoms with E-state index in [9.17, 15) is 9.59 Å². The third-order valence-electron chi connectivity index (χ3n) is 2.97. The van der Waals surface area contributed by atoms with E-state index >= 15 is 0 Å². The second-order valence-electron chi connectivity index (χ2n) is 4.43. The van der Waals surface area contributed by atoms with E-state index in [0.29, 0.717) is 17.5 Å². The predicted molar refractivity (Wildman–Crippen MR) is 61.3 cm³/mol. The van der Waals surface area contributed by atoms with Gasteiger partial charge in [0.15, 0.2) is 0 Å². The van der Waals surface area contributed by atoms with Gasteiger partial charge in [0, 0.05) is 19.3 Å². The molecule has 0 aromatic carbocycles. The third-order valence-corrected chi connectivity index (χ3v) is 3.98. The van der Waals surface area contributed by atoms with Gasteiger partial charge >= 0.3 is 12.0 Å². The number of urea groups is 1. The zero-order chi connectivity index (χ0) is 11.7. The van der Waals surface area contributed by atoms with E-state index in [1.54, 1.807) is 11.9 Å². The number of amides is 2. The fraction of sp³-hybridized carbons (Fsp3) is 0.800. The van der Waals surface area contributed by atoms with E-state index in [-0.39, 0.29) is 6.03 Å². The second-order valence-corrected chi connectivity index (χ2v) is 5.43. The Morgan fingerprint density at radius 2 is 2.19 bits per heavy atom. The van der Waals surface area contributed by atoms with Crippen LogP contribution in [-0.2, 0) is 4.79 Å². The van der Waals surface area contributed by atoms with Gasteiger partial charge in [-0.1, -0.05) is 0 Å². The van der Waals surface area contributed by atoms with Crippen LogP contribution in [0.5, 0.6) is 0 Å². The average molecular weight is 244 g/mol. The summed E-state index contributed by atoms with van der Waals surface area (Å²) < 4.78 is 0. The lowest BCUT2D eigenvalue weighted by Crippen LogP contribution is -2.47. The van der Waals surface area contributed by atoms with Crippen molar-refractivity contribution in [1.29, 1.82) is 0 Å². The van der Waals surface area contributed by atoms with Crippen molar-refractivity contribution in [2.75, 3.05) is 25.2 Å². The largest absolute Gasteiger partial charge is 0.480 e. The molecule has 1 aliphatic carbocycles. The van der Waals surface area contributed by atoms with Crippen molar-refractivity contribution in [2.45, 2.75) is 18.9 Å². The van der Waals surface area contributed by atoms with Gasteiger partial charge in [-0.3, -0.25) is 0 Å². The van der Waals surface area contributed by atoms with Crippen LogP contribution >= 0.6 is 11.8 Å². The molecule has 0 unspecified atom stereocenters. The molecule has 1 aliphatic heterocycles. The molecule has 1 N–H and O–H groups in total. The van der Waals surface area contributed by atoms with Crippen molar-refractivity contribution >= 4 is 23.8 Å². The number of carbonyl (C=O) groups excluding carboxylic acids is 1. The van der Waals surface area contributed by atoms with Crippen LogP contribution in [0.25, 0.3) is 0 Å². The van der Waals surface area contributed by atoms with E-state index in [1.807, 2.05) is 0 Å². The first kappa shape index (κ1) is 11.6. The zero-order valence-corrected chi connectivity index (χ0v) is 10.1. The van der Waals surface area contributed by atoms with Crippen LogP contribution in [0, 0.1) is 5.92 Å². The Balaban J connectivity index is 1.93. The van der Waals surface area contributed by atoms with Gasteiger partial charge in [-0.25, -0.2) is 9.59 Å². The van der Waals surface area contributed by atoms with Crippen LogP contribution in [0.3, 0.4) is 0 Å². The molecular formula is C10H16N2O3S. The summed E-state index contributed by atoms with van der Waals surface area (Å²) in [4.78, 5) is 26.1. The molecule has 0 bridgehead atoms. The molecular weight excluding hydrogens is 228 g/mol. The molecule has 90 valence electrons. The van der Waals surface area contributed by atoms with Crippen molar-refractivity contribution in [1.82, 2.24) is 9.80 Å². The number of thioether (sulfide) groups is 1. The van der Waals surface area contributed by atoms with Gasteiger partial charge in [0.05, 0.1) is 5.88 Å². The topological polar surface area (TPSA) is 60.9 Å². The van der Waals surface area contributed by atoms with E-state index in [2.05, 4.69) is 0 Å². The Morgan fingerprint density at radius 3 is 2.75 bits per heavy atom. The van der Waals surface area contributed by atoms with Crippen LogP contribution in [-0.4, -0.2) is 58.2 Å². The van der Waals surface area contributed by atoms with Gasteiger partial charge in [-0.2, -0.15) is 0 Å². The van der Waals surface area contributed by atoms with E-state index in [1.165, 1.54) is 29.5 Å². The Hall–Kier alpha value is -0.910. The number of carboxylic acids is 1. The molecule has 1 saturated carbocycles. The maximum absolute atomic E-state index is 12.0. The first-order valence-corrected chi connectivity index (χ1v) is 6.57. The Labute approximate surface area is 98.8 Å². The molecule has 1 atom stereocenters. The van der Waals surface area contributed by atoms with Crippen LogP contribution in [0.2, 0.25) is 0 Å². The standard InChI is InChI=1S/C10H16N2O3S/c1-11(4-7-2-3-7)10(15)12-6-16-5-8(12)9(13)14/h7-8H,2-6H2,1H3,(H,13,14)/t8-/m0/s1. The van der Waals surface area contributed by atoms with Gasteiger partial charge in [-0.15, -0.1) is 11.8 Å². The minimum atomic E-state index is -0.904. The molecule has 0 aromatic rings. The van der Waals surface area contributed by atoms with Crippen LogP contribution in [0.4, 0.5) is 4.79 Å². The number of carbonyl (C=O) groups is 2. The van der Waals surface area contributed by atoms with Gasteiger partial charge < -0.3 is 14.9 Å². The quantitative estimate of drug-likeness (QED) is 0.801. The summed E-state index contributed by atoms with van der Waals surface area (Å²) in [7, 11) is 1.75. The first-order chi connectivity index (χ1) is 7.59. The van der Waals surface area contributed by atoms with Gasteiger partial charge in [0.25, 0.3) is 0 Å². The highest BCUT2D eigenvalue weighted by Gasteiger charge is 2.37. The lowest BCUT2D eigenvalue weighted by molar-refractivity contribution is -0.140. The van der Waals surface area contributed by atoms with Crippen molar-refractivity contribution in [3.8, 4) is 0 Å². The number of hydrogen-bond acceptors (Lipinski definition) is 3. The molecule has 2 rings (SSSR count). The summed E-state index contributed by atoms with van der Waals surface area (Å²) in [6.45, 7) is 0.756. The molecule has 1 heterocycles. The normalized spacial score (nSPS) is 24.6. The lowest BCUT2D eigenvalue weighted by atomic mass is 10.3. The number of carboxylic acid groups (broad SMARTS) is 1. The van der Waals surface area contributed by atoms with Crippen molar-refractivity contribution < 1.29 is 14.7 Å². The highest BCUT2D eigenvalue weighted by Crippen LogP contribution is 2.30. The number of nitrogens with zero attached hydrogens (tertiary/aromatic N) is 2. The molecule has 5 nitrogen and oxygen atoms in total. The predicted octanol–water partition coefficient (Wildman–Crippen LogP) is 0.908. The molecule has 2 aliphatic rings. The van der Waals surface area contributed by atoms with Crippen molar-refractivity contribution in [2.24, 2.45) is 5.92 Å². The van der Waals surface area contributed by atoms with Crippen molar-refractivity contribution in [3.05, 3.63) is 0 Å². The minimum Gasteiger partial charge on any atom is -0.480 e. The van der Waals surface area contributed by atoms with E-state index in [4.69, 9.17) is 5.11 Å². The minimum absolute atomic E-state index is 0.149. The van der Waals surface area contributed by atoms with Gasteiger partial charge in [0.2, 0.25) is 0 Å². The number of hydrogen-bond donors (Lipinski definition) is 1. The highest BCUT2D eigenvalue weighted by molar-refractivity contribution is 7.99. The highest BCUT2D eigenvalue weighted by atomic mass is 32.2. The average Bonchev–Trinajstić information content (AvgIpc) is 2.91. The summed E-state index contributed by atoms with van der Waals surface area (Å²) in [5.41, 5.74) is 0. The summed E-state index contributed by atoms with van der Waals surface area (Å²) in [5.74, 6) is 0.717. The monoisotopic (exact) mass is 244 g/mol. The molecule has 6 heteroatoms. The summed E-state index contributed by atoms with van der Waals surface area (Å²) in [6.07, 6.45) is 2.38. The SMILES string of the molecule is CN(CC1CC1)C(=O)N1CSC[C@H]1C(=O)O. The van der Waals surface area contributed by atoms with E-state index in [0.717, 1.165) is 6.54 Å². The van der Waals surface area contributed by atoms with Gasteiger partial charge in [0.1, 0.15) is 6.04 Å². The molecule has 1 saturated heterocycles. The Morgan fingerprint density at radius 1 is 1.50 bits per heavy atom. The molecule has 2 amide bonds. The molecule has 0 spiro atoms. The maximum atomic E-state index is 12.0. The maximum Gasteiger partial charge on any atom is 0.327 e. The van der Waals surface area contributed by atoms with Crippen LogP contribution < -0.4 is 0 Å². The van der Waals surface area contributed by atoms with Crippen LogP contribution in [0.1, 0.15) is 12.8 Å². The summed E-state index contributed by atoms with van der Waals surface area (Å²) in [6, 6.07) is -0.802. The molecule has 0 radical (unpaired) electrons. The smallest absolute Gasteiger partial charge is 0.327 e. The summed E-state index contributed by atoms with van der Waals surface area (Å²) >= 11 is 1.50. The zero-order valence-electron chi connectivity index (χ0n) is 9.26. The Kier molecular flexibility index (Phi) is 3.28. The first-order valence-electron chi connectivity index (χ1n) is 5.42. The van der Waals surface area contributed by atoms with Crippen LogP contribution in [0.15, 0.2) is 0 Å². The van der Waals surface area contributed by atoms with Gasteiger partial charge in [-0.05, 0) is 18.8 Å². The third kappa shape index (κ3) is 2.42. The fourth-order valence-electron chi connectivity index (χ4n) is 1.82. The fourth-order valence-corrected chi connectivity index (χ4v) is 2.96. The second kappa shape index (κ2) is 4.53. The van der Waals surface area contributed by atoms with E-state index < -0.39 is 12.0 Å². The summed E-state index contributed by atoms with van der Waals surface area (Å²) in [5, 5.41) is 8.98. The molecule has 16 heavy (non-hydrogen) atoms.